The van der Waals surface area contributed by atoms with Crippen LogP contribution in [0.15, 0.2) is 42.5 Å². The largest absolute Gasteiger partial charge is 0.507 e. The summed E-state index contributed by atoms with van der Waals surface area (Å²) in [6.45, 7) is 0. The lowest BCUT2D eigenvalue weighted by atomic mass is 10.0. The Morgan fingerprint density at radius 2 is 1.75 bits per heavy atom. The SMILES string of the molecule is N=Cc1ccc(-c2cc(Cl)ccc2O)cc1. The molecule has 0 bridgehead atoms. The Morgan fingerprint density at radius 1 is 1.06 bits per heavy atom. The number of benzene rings is 2. The molecule has 0 heterocycles. The van der Waals surface area contributed by atoms with Crippen molar-refractivity contribution in [3.63, 3.8) is 0 Å². The van der Waals surface area contributed by atoms with Gasteiger partial charge in [-0.1, -0.05) is 35.9 Å². The average Bonchev–Trinajstić information content (AvgIpc) is 2.32. The summed E-state index contributed by atoms with van der Waals surface area (Å²) in [6, 6.07) is 12.3. The lowest BCUT2D eigenvalue weighted by Crippen LogP contribution is -1.82. The summed E-state index contributed by atoms with van der Waals surface area (Å²) in [5, 5.41) is 17.4. The van der Waals surface area contributed by atoms with Gasteiger partial charge in [0.05, 0.1) is 0 Å². The topological polar surface area (TPSA) is 44.1 Å². The van der Waals surface area contributed by atoms with Gasteiger partial charge in [0.25, 0.3) is 0 Å². The molecule has 2 nitrogen and oxygen atoms in total. The Bertz CT molecular complexity index is 520. The van der Waals surface area contributed by atoms with Gasteiger partial charge < -0.3 is 10.5 Å². The zero-order chi connectivity index (χ0) is 11.5. The van der Waals surface area contributed by atoms with E-state index in [-0.39, 0.29) is 5.75 Å². The van der Waals surface area contributed by atoms with Crippen LogP contribution in [0.25, 0.3) is 11.1 Å². The molecule has 80 valence electrons. The van der Waals surface area contributed by atoms with Crippen LogP contribution in [0.4, 0.5) is 0 Å². The number of nitrogens with one attached hydrogen (secondary N) is 1. The minimum atomic E-state index is 0.201. The van der Waals surface area contributed by atoms with E-state index < -0.39 is 0 Å². The van der Waals surface area contributed by atoms with E-state index in [1.165, 1.54) is 6.21 Å². The summed E-state index contributed by atoms with van der Waals surface area (Å²) in [7, 11) is 0. The van der Waals surface area contributed by atoms with Gasteiger partial charge in [-0.3, -0.25) is 0 Å². The number of hydrogen-bond acceptors (Lipinski definition) is 2. The van der Waals surface area contributed by atoms with Crippen molar-refractivity contribution >= 4 is 17.8 Å². The molecule has 2 aromatic carbocycles. The molecule has 0 aromatic heterocycles. The molecule has 0 atom stereocenters. The average molecular weight is 232 g/mol. The van der Waals surface area contributed by atoms with E-state index in [9.17, 15) is 5.11 Å². The van der Waals surface area contributed by atoms with Gasteiger partial charge in [0.1, 0.15) is 5.75 Å². The molecule has 0 aliphatic carbocycles. The van der Waals surface area contributed by atoms with E-state index in [4.69, 9.17) is 17.0 Å². The third kappa shape index (κ3) is 2.07. The summed E-state index contributed by atoms with van der Waals surface area (Å²) >= 11 is 5.88. The lowest BCUT2D eigenvalue weighted by molar-refractivity contribution is 0.477. The first kappa shape index (κ1) is 10.7. The summed E-state index contributed by atoms with van der Waals surface area (Å²) in [5.74, 6) is 0.201. The molecular weight excluding hydrogens is 222 g/mol. The predicted octanol–water partition coefficient (Wildman–Crippen LogP) is 3.71. The second kappa shape index (κ2) is 4.37. The van der Waals surface area contributed by atoms with Crippen LogP contribution in [0.5, 0.6) is 5.75 Å². The first-order valence-corrected chi connectivity index (χ1v) is 5.18. The molecule has 2 N–H and O–H groups in total. The second-order valence-electron chi connectivity index (χ2n) is 3.43. The molecule has 2 aromatic rings. The molecule has 0 radical (unpaired) electrons. The first-order valence-electron chi connectivity index (χ1n) is 4.80. The van der Waals surface area contributed by atoms with Crippen LogP contribution in [-0.2, 0) is 0 Å². The fourth-order valence-electron chi connectivity index (χ4n) is 1.50. The smallest absolute Gasteiger partial charge is 0.123 e. The van der Waals surface area contributed by atoms with E-state index >= 15 is 0 Å². The van der Waals surface area contributed by atoms with E-state index in [0.717, 1.165) is 11.1 Å². The van der Waals surface area contributed by atoms with Gasteiger partial charge in [-0.2, -0.15) is 0 Å². The number of hydrogen-bond donors (Lipinski definition) is 2. The highest BCUT2D eigenvalue weighted by molar-refractivity contribution is 6.31. The van der Waals surface area contributed by atoms with Crippen molar-refractivity contribution in [2.45, 2.75) is 0 Å². The highest BCUT2D eigenvalue weighted by atomic mass is 35.5. The fraction of sp³-hybridized carbons (Fsp3) is 0. The van der Waals surface area contributed by atoms with E-state index in [1.807, 2.05) is 24.3 Å². The second-order valence-corrected chi connectivity index (χ2v) is 3.86. The minimum Gasteiger partial charge on any atom is -0.507 e. The predicted molar refractivity (Wildman–Crippen MR) is 66.4 cm³/mol. The normalized spacial score (nSPS) is 10.1. The van der Waals surface area contributed by atoms with Crippen molar-refractivity contribution < 1.29 is 5.11 Å². The number of aromatic hydroxyl groups is 1. The van der Waals surface area contributed by atoms with Crippen LogP contribution in [0.1, 0.15) is 5.56 Å². The zero-order valence-corrected chi connectivity index (χ0v) is 9.20. The van der Waals surface area contributed by atoms with E-state index in [0.29, 0.717) is 10.6 Å². The van der Waals surface area contributed by atoms with Crippen LogP contribution >= 0.6 is 11.6 Å². The summed E-state index contributed by atoms with van der Waals surface area (Å²) in [5.41, 5.74) is 2.40. The molecule has 2 rings (SSSR count). The van der Waals surface area contributed by atoms with Crippen molar-refractivity contribution in [3.05, 3.63) is 53.1 Å². The Balaban J connectivity index is 2.49. The van der Waals surface area contributed by atoms with Crippen molar-refractivity contribution in [3.8, 4) is 16.9 Å². The maximum atomic E-state index is 9.71. The molecule has 0 spiro atoms. The number of halogens is 1. The quantitative estimate of drug-likeness (QED) is 0.761. The number of rotatable bonds is 2. The van der Waals surface area contributed by atoms with Gasteiger partial charge in [-0.25, -0.2) is 0 Å². The molecule has 0 saturated heterocycles. The van der Waals surface area contributed by atoms with E-state index in [1.54, 1.807) is 18.2 Å². The monoisotopic (exact) mass is 231 g/mol. The standard InChI is InChI=1S/C13H10ClNO/c14-11-5-6-13(16)12(7-11)10-3-1-9(8-15)2-4-10/h1-8,15-16H. The van der Waals surface area contributed by atoms with Gasteiger partial charge >= 0.3 is 0 Å². The van der Waals surface area contributed by atoms with Crippen LogP contribution < -0.4 is 0 Å². The van der Waals surface area contributed by atoms with Gasteiger partial charge in [0.15, 0.2) is 0 Å². The molecular formula is C13H10ClNO. The molecule has 0 fully saturated rings. The van der Waals surface area contributed by atoms with Crippen LogP contribution in [0.3, 0.4) is 0 Å². The molecule has 0 aliphatic heterocycles. The minimum absolute atomic E-state index is 0.201. The van der Waals surface area contributed by atoms with Crippen LogP contribution in [-0.4, -0.2) is 11.3 Å². The maximum absolute atomic E-state index is 9.71. The third-order valence-electron chi connectivity index (χ3n) is 2.35. The zero-order valence-electron chi connectivity index (χ0n) is 8.44. The van der Waals surface area contributed by atoms with Gasteiger partial charge in [0, 0.05) is 16.8 Å². The van der Waals surface area contributed by atoms with Crippen molar-refractivity contribution in [2.75, 3.05) is 0 Å². The number of phenols is 1. The Kier molecular flexibility index (Phi) is 2.93. The maximum Gasteiger partial charge on any atom is 0.123 e. The summed E-state index contributed by atoms with van der Waals surface area (Å²) < 4.78 is 0. The summed E-state index contributed by atoms with van der Waals surface area (Å²) in [6.07, 6.45) is 1.28. The van der Waals surface area contributed by atoms with Gasteiger partial charge in [-0.15, -0.1) is 0 Å². The van der Waals surface area contributed by atoms with Crippen molar-refractivity contribution in [2.24, 2.45) is 0 Å². The first-order chi connectivity index (χ1) is 7.70. The molecule has 16 heavy (non-hydrogen) atoms. The van der Waals surface area contributed by atoms with Crippen LogP contribution in [0, 0.1) is 5.41 Å². The highest BCUT2D eigenvalue weighted by Gasteiger charge is 2.04. The number of phenolic OH excluding ortho intramolecular Hbond substituents is 1. The molecule has 0 unspecified atom stereocenters. The van der Waals surface area contributed by atoms with Gasteiger partial charge in [-0.05, 0) is 29.3 Å². The molecule has 0 amide bonds. The summed E-state index contributed by atoms with van der Waals surface area (Å²) in [4.78, 5) is 0. The Morgan fingerprint density at radius 3 is 2.38 bits per heavy atom. The van der Waals surface area contributed by atoms with Crippen molar-refractivity contribution in [1.29, 1.82) is 5.41 Å². The fourth-order valence-corrected chi connectivity index (χ4v) is 1.67. The molecule has 0 aliphatic rings. The molecule has 3 heteroatoms. The third-order valence-corrected chi connectivity index (χ3v) is 2.58. The molecule has 0 saturated carbocycles. The van der Waals surface area contributed by atoms with Crippen LogP contribution in [0.2, 0.25) is 5.02 Å². The Labute approximate surface area is 98.6 Å². The van der Waals surface area contributed by atoms with E-state index in [2.05, 4.69) is 0 Å². The Hall–Kier alpha value is -1.80. The lowest BCUT2D eigenvalue weighted by Gasteiger charge is -2.05. The van der Waals surface area contributed by atoms with Crippen molar-refractivity contribution in [1.82, 2.24) is 0 Å². The van der Waals surface area contributed by atoms with Gasteiger partial charge in [0.2, 0.25) is 0 Å². The highest BCUT2D eigenvalue weighted by Crippen LogP contribution is 2.31.